The Morgan fingerprint density at radius 1 is 0.865 bits per heavy atom. The van der Waals surface area contributed by atoms with Crippen molar-refractivity contribution >= 4 is 23.0 Å². The Morgan fingerprint density at radius 2 is 1.49 bits per heavy atom. The molecule has 7 heteroatoms. The Bertz CT molecular complexity index is 1420. The van der Waals surface area contributed by atoms with E-state index in [1.807, 2.05) is 42.8 Å². The topological polar surface area (TPSA) is 66.5 Å². The van der Waals surface area contributed by atoms with Gasteiger partial charge in [0.25, 0.3) is 5.91 Å². The van der Waals surface area contributed by atoms with Gasteiger partial charge in [-0.3, -0.25) is 4.79 Å². The van der Waals surface area contributed by atoms with E-state index in [9.17, 15) is 9.18 Å². The first kappa shape index (κ1) is 24.4. The Labute approximate surface area is 217 Å². The first-order chi connectivity index (χ1) is 17.9. The number of amides is 1. The number of carbonyl (C=O) groups is 1. The molecule has 1 fully saturated rings. The second-order valence-corrected chi connectivity index (χ2v) is 9.45. The quantitative estimate of drug-likeness (QED) is 0.378. The van der Waals surface area contributed by atoms with Crippen LogP contribution in [-0.2, 0) is 7.05 Å². The summed E-state index contributed by atoms with van der Waals surface area (Å²) in [6, 6.07) is 22.8. The highest BCUT2D eigenvalue weighted by Crippen LogP contribution is 2.40. The molecule has 1 aromatic heterocycles. The normalized spacial score (nSPS) is 13.6. The molecule has 0 unspecified atom stereocenters. The zero-order valence-corrected chi connectivity index (χ0v) is 21.5. The van der Waals surface area contributed by atoms with Crippen molar-refractivity contribution < 1.29 is 9.18 Å². The van der Waals surface area contributed by atoms with Crippen LogP contribution in [0.1, 0.15) is 16.1 Å². The van der Waals surface area contributed by atoms with Crippen LogP contribution < -0.4 is 20.9 Å². The van der Waals surface area contributed by atoms with Gasteiger partial charge < -0.3 is 25.4 Å². The van der Waals surface area contributed by atoms with E-state index in [2.05, 4.69) is 39.4 Å². The number of nitrogens with two attached hydrogens (primary N) is 1. The number of hydrogen-bond acceptors (Lipinski definition) is 4. The first-order valence-corrected chi connectivity index (χ1v) is 12.5. The van der Waals surface area contributed by atoms with Crippen molar-refractivity contribution in [2.75, 3.05) is 48.8 Å². The van der Waals surface area contributed by atoms with Crippen molar-refractivity contribution in [3.63, 3.8) is 0 Å². The third-order valence-electron chi connectivity index (χ3n) is 7.30. The Morgan fingerprint density at radius 3 is 2.11 bits per heavy atom. The van der Waals surface area contributed by atoms with Gasteiger partial charge in [0.05, 0.1) is 11.3 Å². The van der Waals surface area contributed by atoms with E-state index < -0.39 is 0 Å². The maximum Gasteiger partial charge on any atom is 0.253 e. The smallest absolute Gasteiger partial charge is 0.253 e. The summed E-state index contributed by atoms with van der Waals surface area (Å²) in [7, 11) is 3.59. The molecule has 6 nitrogen and oxygen atoms in total. The van der Waals surface area contributed by atoms with Gasteiger partial charge >= 0.3 is 0 Å². The second kappa shape index (κ2) is 10.0. The fraction of sp³-hybridized carbons (Fsp3) is 0.233. The lowest BCUT2D eigenvalue weighted by Gasteiger charge is -2.37. The molecule has 5 rings (SSSR count). The van der Waals surface area contributed by atoms with Crippen molar-refractivity contribution in [2.24, 2.45) is 7.05 Å². The number of nitrogens with one attached hydrogen (secondary N) is 1. The number of nitrogen functional groups attached to an aromatic ring is 1. The van der Waals surface area contributed by atoms with Crippen LogP contribution in [0.25, 0.3) is 22.4 Å². The Balaban J connectivity index is 1.51. The molecule has 1 aliphatic heterocycles. The van der Waals surface area contributed by atoms with E-state index in [1.54, 1.807) is 19.2 Å². The third kappa shape index (κ3) is 4.65. The van der Waals surface area contributed by atoms with Crippen molar-refractivity contribution in [2.45, 2.75) is 6.92 Å². The molecule has 3 aromatic carbocycles. The number of aromatic nitrogens is 1. The maximum atomic E-state index is 13.7. The number of carbonyl (C=O) groups excluding carboxylic acids is 1. The molecule has 37 heavy (non-hydrogen) atoms. The summed E-state index contributed by atoms with van der Waals surface area (Å²) < 4.78 is 15.7. The second-order valence-electron chi connectivity index (χ2n) is 9.45. The van der Waals surface area contributed by atoms with Gasteiger partial charge in [0.15, 0.2) is 0 Å². The van der Waals surface area contributed by atoms with E-state index in [0.717, 1.165) is 65.6 Å². The molecular weight excluding hydrogens is 465 g/mol. The minimum Gasteiger partial charge on any atom is -0.399 e. The number of piperazine rings is 1. The molecule has 0 bridgehead atoms. The molecule has 1 aliphatic rings. The summed E-state index contributed by atoms with van der Waals surface area (Å²) >= 11 is 0. The summed E-state index contributed by atoms with van der Waals surface area (Å²) in [5, 5.41) is 2.80. The lowest BCUT2D eigenvalue weighted by molar-refractivity contribution is 0.0963. The van der Waals surface area contributed by atoms with Crippen molar-refractivity contribution in [3.05, 3.63) is 89.9 Å². The van der Waals surface area contributed by atoms with Gasteiger partial charge in [-0.25, -0.2) is 4.39 Å². The molecule has 0 atom stereocenters. The molecule has 0 radical (unpaired) electrons. The van der Waals surface area contributed by atoms with Gasteiger partial charge in [0.1, 0.15) is 5.82 Å². The summed E-state index contributed by atoms with van der Waals surface area (Å²) in [4.78, 5) is 17.8. The minimum absolute atomic E-state index is 0.140. The fourth-order valence-corrected chi connectivity index (χ4v) is 5.20. The average Bonchev–Trinajstić information content (AvgIpc) is 3.19. The average molecular weight is 498 g/mol. The number of rotatable bonds is 5. The van der Waals surface area contributed by atoms with E-state index >= 15 is 0 Å². The molecule has 0 saturated carbocycles. The molecule has 190 valence electrons. The summed E-state index contributed by atoms with van der Waals surface area (Å²) in [5.41, 5.74) is 14.0. The monoisotopic (exact) mass is 497 g/mol. The van der Waals surface area contributed by atoms with Gasteiger partial charge in [-0.1, -0.05) is 12.1 Å². The largest absolute Gasteiger partial charge is 0.399 e. The van der Waals surface area contributed by atoms with Crippen molar-refractivity contribution in [1.29, 1.82) is 0 Å². The van der Waals surface area contributed by atoms with Crippen LogP contribution in [0, 0.1) is 12.7 Å². The van der Waals surface area contributed by atoms with E-state index in [0.29, 0.717) is 5.56 Å². The molecule has 4 aromatic rings. The van der Waals surface area contributed by atoms with Gasteiger partial charge in [-0.05, 0) is 78.7 Å². The first-order valence-electron chi connectivity index (χ1n) is 12.5. The van der Waals surface area contributed by atoms with Crippen LogP contribution in [0.2, 0.25) is 0 Å². The van der Waals surface area contributed by atoms with Crippen LogP contribution in [0.15, 0.2) is 72.8 Å². The number of halogens is 1. The van der Waals surface area contributed by atoms with E-state index in [-0.39, 0.29) is 11.7 Å². The van der Waals surface area contributed by atoms with Crippen LogP contribution in [-0.4, -0.2) is 43.7 Å². The van der Waals surface area contributed by atoms with Gasteiger partial charge in [0, 0.05) is 68.6 Å². The van der Waals surface area contributed by atoms with Crippen molar-refractivity contribution in [3.8, 4) is 22.4 Å². The standard InChI is InChI=1S/C30H32FN5O/c1-20-27(30(37)33-2)28(29(34(20)3)21-7-9-23(31)10-8-21)22-5-4-6-26(19-22)36-17-15-35(16-18-36)25-13-11-24(32)12-14-25/h4-14,19H,15-18,32H2,1-3H3,(H,33,37). The van der Waals surface area contributed by atoms with Crippen LogP contribution in [0.4, 0.5) is 21.5 Å². The highest BCUT2D eigenvalue weighted by molar-refractivity contribution is 6.06. The van der Waals surface area contributed by atoms with Gasteiger partial charge in [-0.15, -0.1) is 0 Å². The Kier molecular flexibility index (Phi) is 6.61. The van der Waals surface area contributed by atoms with Crippen LogP contribution in [0.5, 0.6) is 0 Å². The number of nitrogens with zero attached hydrogens (tertiary/aromatic N) is 3. The van der Waals surface area contributed by atoms with Gasteiger partial charge in [-0.2, -0.15) is 0 Å². The number of anilines is 3. The highest BCUT2D eigenvalue weighted by Gasteiger charge is 2.26. The highest BCUT2D eigenvalue weighted by atomic mass is 19.1. The van der Waals surface area contributed by atoms with E-state index in [4.69, 9.17) is 5.73 Å². The maximum absolute atomic E-state index is 13.7. The predicted octanol–water partition coefficient (Wildman–Crippen LogP) is 5.08. The van der Waals surface area contributed by atoms with Crippen LogP contribution >= 0.6 is 0 Å². The SMILES string of the molecule is CNC(=O)c1c(-c2cccc(N3CCN(c4ccc(N)cc4)CC3)c2)c(-c2ccc(F)cc2)n(C)c1C. The molecule has 0 aliphatic carbocycles. The molecule has 3 N–H and O–H groups in total. The molecule has 1 saturated heterocycles. The zero-order valence-electron chi connectivity index (χ0n) is 21.5. The molecule has 2 heterocycles. The van der Waals surface area contributed by atoms with Gasteiger partial charge in [0.2, 0.25) is 0 Å². The lowest BCUT2D eigenvalue weighted by Crippen LogP contribution is -2.46. The van der Waals surface area contributed by atoms with E-state index in [1.165, 1.54) is 17.8 Å². The zero-order chi connectivity index (χ0) is 26.1. The summed E-state index contributed by atoms with van der Waals surface area (Å²) in [6.45, 7) is 5.52. The molecular formula is C30H32FN5O. The molecule has 1 amide bonds. The molecule has 0 spiro atoms. The van der Waals surface area contributed by atoms with Crippen LogP contribution in [0.3, 0.4) is 0 Å². The lowest BCUT2D eigenvalue weighted by atomic mass is 9.96. The Hall–Kier alpha value is -4.26. The predicted molar refractivity (Wildman–Crippen MR) is 150 cm³/mol. The fourth-order valence-electron chi connectivity index (χ4n) is 5.20. The summed E-state index contributed by atoms with van der Waals surface area (Å²) in [6.07, 6.45) is 0. The number of hydrogen-bond donors (Lipinski definition) is 2. The van der Waals surface area contributed by atoms with Crippen molar-refractivity contribution in [1.82, 2.24) is 9.88 Å². The number of benzene rings is 3. The summed E-state index contributed by atoms with van der Waals surface area (Å²) in [5.74, 6) is -0.429. The third-order valence-corrected chi connectivity index (χ3v) is 7.30. The minimum atomic E-state index is -0.289.